The molecule has 4 heteroatoms. The number of fused-ring (bicyclic) bond motifs is 1. The van der Waals surface area contributed by atoms with Crippen LogP contribution in [-0.2, 0) is 6.42 Å². The Balaban J connectivity index is 1.91. The van der Waals surface area contributed by atoms with E-state index in [-0.39, 0.29) is 23.7 Å². The first-order valence-corrected chi connectivity index (χ1v) is 6.22. The van der Waals surface area contributed by atoms with E-state index in [0.717, 1.165) is 5.52 Å². The number of nitrogens with zero attached hydrogens (tertiary/aromatic N) is 2. The molecular formula is C16H11FN2O. The molecule has 2 aromatic carbocycles. The SMILES string of the molecule is O=C(Cc1ccccc1F)c1cnc2ccccc2n1. The third-order valence-corrected chi connectivity index (χ3v) is 3.04. The third kappa shape index (κ3) is 2.40. The number of rotatable bonds is 3. The molecule has 0 aliphatic heterocycles. The summed E-state index contributed by atoms with van der Waals surface area (Å²) < 4.78 is 13.5. The molecule has 0 unspecified atom stereocenters. The number of hydrogen-bond donors (Lipinski definition) is 0. The highest BCUT2D eigenvalue weighted by Crippen LogP contribution is 2.12. The van der Waals surface area contributed by atoms with Gasteiger partial charge in [0.2, 0.25) is 0 Å². The number of Topliss-reactive ketones (excluding diaryl/α,β-unsaturated/α-hetero) is 1. The Morgan fingerprint density at radius 2 is 1.70 bits per heavy atom. The number of ketones is 1. The molecule has 0 fully saturated rings. The quantitative estimate of drug-likeness (QED) is 0.684. The third-order valence-electron chi connectivity index (χ3n) is 3.04. The Bertz CT molecular complexity index is 786. The number of carbonyl (C=O) groups excluding carboxylic acids is 1. The molecule has 20 heavy (non-hydrogen) atoms. The van der Waals surface area contributed by atoms with Crippen molar-refractivity contribution in [3.8, 4) is 0 Å². The molecule has 0 aliphatic rings. The molecule has 0 bridgehead atoms. The van der Waals surface area contributed by atoms with Crippen molar-refractivity contribution < 1.29 is 9.18 Å². The van der Waals surface area contributed by atoms with Crippen LogP contribution in [0.15, 0.2) is 54.7 Å². The van der Waals surface area contributed by atoms with Gasteiger partial charge in [0.05, 0.1) is 17.2 Å². The van der Waals surface area contributed by atoms with Gasteiger partial charge < -0.3 is 0 Å². The smallest absolute Gasteiger partial charge is 0.187 e. The maximum atomic E-state index is 13.5. The van der Waals surface area contributed by atoms with Crippen LogP contribution in [0.2, 0.25) is 0 Å². The molecule has 1 aromatic heterocycles. The number of hydrogen-bond acceptors (Lipinski definition) is 3. The monoisotopic (exact) mass is 266 g/mol. The van der Waals surface area contributed by atoms with Crippen molar-refractivity contribution in [1.29, 1.82) is 0 Å². The Morgan fingerprint density at radius 1 is 1.00 bits per heavy atom. The van der Waals surface area contributed by atoms with Gasteiger partial charge in [-0.25, -0.2) is 9.37 Å². The predicted octanol–water partition coefficient (Wildman–Crippen LogP) is 3.19. The zero-order valence-electron chi connectivity index (χ0n) is 10.6. The fraction of sp³-hybridized carbons (Fsp3) is 0.0625. The van der Waals surface area contributed by atoms with Crippen LogP contribution in [0.25, 0.3) is 11.0 Å². The average molecular weight is 266 g/mol. The number of aromatic nitrogens is 2. The molecule has 0 atom stereocenters. The number of benzene rings is 2. The summed E-state index contributed by atoms with van der Waals surface area (Å²) in [6.07, 6.45) is 1.42. The van der Waals surface area contributed by atoms with Crippen LogP contribution in [0, 0.1) is 5.82 Å². The molecule has 0 spiro atoms. The number of carbonyl (C=O) groups is 1. The van der Waals surface area contributed by atoms with Crippen molar-refractivity contribution in [3.05, 3.63) is 71.8 Å². The summed E-state index contributed by atoms with van der Waals surface area (Å²) in [4.78, 5) is 20.6. The first kappa shape index (κ1) is 12.4. The molecular weight excluding hydrogens is 255 g/mol. The van der Waals surface area contributed by atoms with E-state index in [2.05, 4.69) is 9.97 Å². The Morgan fingerprint density at radius 3 is 2.50 bits per heavy atom. The van der Waals surface area contributed by atoms with Gasteiger partial charge in [0.1, 0.15) is 11.5 Å². The van der Waals surface area contributed by atoms with Gasteiger partial charge >= 0.3 is 0 Å². The van der Waals surface area contributed by atoms with Crippen molar-refractivity contribution in [2.45, 2.75) is 6.42 Å². The lowest BCUT2D eigenvalue weighted by Crippen LogP contribution is -2.08. The maximum absolute atomic E-state index is 13.5. The molecule has 0 saturated carbocycles. The van der Waals surface area contributed by atoms with Crippen LogP contribution in [0.4, 0.5) is 4.39 Å². The van der Waals surface area contributed by atoms with Crippen LogP contribution in [0.3, 0.4) is 0 Å². The fourth-order valence-electron chi connectivity index (χ4n) is 2.00. The summed E-state index contributed by atoms with van der Waals surface area (Å²) in [5, 5.41) is 0. The van der Waals surface area contributed by atoms with Crippen LogP contribution in [0.5, 0.6) is 0 Å². The van der Waals surface area contributed by atoms with Crippen LogP contribution >= 0.6 is 0 Å². The van der Waals surface area contributed by atoms with Crippen LogP contribution in [-0.4, -0.2) is 15.8 Å². The van der Waals surface area contributed by atoms with Gasteiger partial charge in [-0.2, -0.15) is 0 Å². The Hall–Kier alpha value is -2.62. The lowest BCUT2D eigenvalue weighted by atomic mass is 10.1. The van der Waals surface area contributed by atoms with E-state index in [4.69, 9.17) is 0 Å². The van der Waals surface area contributed by atoms with Crippen molar-refractivity contribution in [2.24, 2.45) is 0 Å². The van der Waals surface area contributed by atoms with Crippen molar-refractivity contribution in [3.63, 3.8) is 0 Å². The Labute approximate surface area is 115 Å². The van der Waals surface area contributed by atoms with Gasteiger partial charge in [-0.05, 0) is 23.8 Å². The van der Waals surface area contributed by atoms with Gasteiger partial charge in [0.25, 0.3) is 0 Å². The fourth-order valence-corrected chi connectivity index (χ4v) is 2.00. The van der Waals surface area contributed by atoms with Gasteiger partial charge in [0, 0.05) is 6.42 Å². The van der Waals surface area contributed by atoms with Gasteiger partial charge in [0.15, 0.2) is 5.78 Å². The second-order valence-corrected chi connectivity index (χ2v) is 4.44. The van der Waals surface area contributed by atoms with E-state index in [0.29, 0.717) is 11.1 Å². The average Bonchev–Trinajstić information content (AvgIpc) is 2.49. The second kappa shape index (κ2) is 5.17. The molecule has 3 nitrogen and oxygen atoms in total. The molecule has 0 saturated heterocycles. The topological polar surface area (TPSA) is 42.9 Å². The minimum absolute atomic E-state index is 0.0142. The van der Waals surface area contributed by atoms with Crippen molar-refractivity contribution in [2.75, 3.05) is 0 Å². The summed E-state index contributed by atoms with van der Waals surface area (Å²) in [6.45, 7) is 0. The summed E-state index contributed by atoms with van der Waals surface area (Å²) in [5.41, 5.74) is 2.02. The lowest BCUT2D eigenvalue weighted by molar-refractivity contribution is 0.0987. The van der Waals surface area contributed by atoms with Crippen molar-refractivity contribution in [1.82, 2.24) is 9.97 Å². The molecule has 0 aliphatic carbocycles. The van der Waals surface area contributed by atoms with E-state index in [1.54, 1.807) is 24.3 Å². The summed E-state index contributed by atoms with van der Waals surface area (Å²) in [5.74, 6) is -0.622. The maximum Gasteiger partial charge on any atom is 0.187 e. The summed E-state index contributed by atoms with van der Waals surface area (Å²) >= 11 is 0. The highest BCUT2D eigenvalue weighted by molar-refractivity contribution is 5.96. The summed E-state index contributed by atoms with van der Waals surface area (Å²) in [7, 11) is 0. The standard InChI is InChI=1S/C16H11FN2O/c17-12-6-2-1-5-11(12)9-16(20)15-10-18-13-7-3-4-8-14(13)19-15/h1-8,10H,9H2. The van der Waals surface area contributed by atoms with Crippen LogP contribution < -0.4 is 0 Å². The zero-order chi connectivity index (χ0) is 13.9. The van der Waals surface area contributed by atoms with E-state index >= 15 is 0 Å². The molecule has 0 radical (unpaired) electrons. The minimum atomic E-state index is -0.380. The largest absolute Gasteiger partial charge is 0.292 e. The molecule has 0 amide bonds. The van der Waals surface area contributed by atoms with Crippen molar-refractivity contribution >= 4 is 16.8 Å². The first-order chi connectivity index (χ1) is 9.74. The van der Waals surface area contributed by atoms with Gasteiger partial charge in [-0.1, -0.05) is 30.3 Å². The molecule has 3 aromatic rings. The van der Waals surface area contributed by atoms with E-state index in [9.17, 15) is 9.18 Å². The van der Waals surface area contributed by atoms with Gasteiger partial charge in [-0.3, -0.25) is 9.78 Å². The number of halogens is 1. The van der Waals surface area contributed by atoms with Crippen LogP contribution in [0.1, 0.15) is 16.1 Å². The minimum Gasteiger partial charge on any atom is -0.292 e. The predicted molar refractivity (Wildman–Crippen MR) is 74.0 cm³/mol. The molecule has 98 valence electrons. The highest BCUT2D eigenvalue weighted by atomic mass is 19.1. The zero-order valence-corrected chi connectivity index (χ0v) is 10.6. The second-order valence-electron chi connectivity index (χ2n) is 4.44. The van der Waals surface area contributed by atoms with E-state index < -0.39 is 0 Å². The first-order valence-electron chi connectivity index (χ1n) is 6.22. The molecule has 3 rings (SSSR count). The van der Waals surface area contributed by atoms with E-state index in [1.165, 1.54) is 12.3 Å². The van der Waals surface area contributed by atoms with E-state index in [1.807, 2.05) is 18.2 Å². The normalized spacial score (nSPS) is 10.7. The molecule has 1 heterocycles. The highest BCUT2D eigenvalue weighted by Gasteiger charge is 2.12. The Kier molecular flexibility index (Phi) is 3.21. The number of para-hydroxylation sites is 2. The lowest BCUT2D eigenvalue weighted by Gasteiger charge is -2.03. The molecule has 0 N–H and O–H groups in total. The summed E-state index contributed by atoms with van der Waals surface area (Å²) in [6, 6.07) is 13.6. The van der Waals surface area contributed by atoms with Gasteiger partial charge in [-0.15, -0.1) is 0 Å².